The summed E-state index contributed by atoms with van der Waals surface area (Å²) >= 11 is 6.13. The number of ketones is 1. The van der Waals surface area contributed by atoms with Gasteiger partial charge in [-0.2, -0.15) is 0 Å². The summed E-state index contributed by atoms with van der Waals surface area (Å²) in [5.41, 5.74) is 1.58. The van der Waals surface area contributed by atoms with Crippen molar-refractivity contribution in [2.75, 3.05) is 20.6 Å². The number of halogens is 1. The van der Waals surface area contributed by atoms with Crippen LogP contribution >= 0.6 is 11.6 Å². The van der Waals surface area contributed by atoms with E-state index in [0.717, 1.165) is 10.5 Å². The van der Waals surface area contributed by atoms with Gasteiger partial charge in [-0.15, -0.1) is 0 Å². The van der Waals surface area contributed by atoms with Gasteiger partial charge in [-0.05, 0) is 11.9 Å². The molecule has 24 heavy (non-hydrogen) atoms. The third kappa shape index (κ3) is 2.50. The number of aryl methyl sites for hydroxylation is 1. The van der Waals surface area contributed by atoms with E-state index in [9.17, 15) is 14.4 Å². The number of rotatable bonds is 3. The highest BCUT2D eigenvalue weighted by atomic mass is 35.5. The zero-order valence-electron chi connectivity index (χ0n) is 13.5. The van der Waals surface area contributed by atoms with E-state index in [1.165, 1.54) is 23.6 Å². The molecule has 0 N–H and O–H groups in total. The molecular formula is C16H16ClN4O3+. The number of hydrogen-bond donors (Lipinski definition) is 0. The minimum Gasteiger partial charge on any atom is -0.290 e. The van der Waals surface area contributed by atoms with Gasteiger partial charge >= 0.3 is 11.3 Å². The SMILES string of the molecule is Cc1ccc(C(=O)C[N+]2=C(Cl)N=C3C2C(=O)N(C)C(=O)N3C)cc1. The average molecular weight is 348 g/mol. The minimum absolute atomic E-state index is 0.0266. The largest absolute Gasteiger partial charge is 0.394 e. The Labute approximate surface area is 143 Å². The summed E-state index contributed by atoms with van der Waals surface area (Å²) in [6.45, 7) is 1.84. The van der Waals surface area contributed by atoms with E-state index in [1.54, 1.807) is 12.1 Å². The number of benzene rings is 1. The Balaban J connectivity index is 1.88. The summed E-state index contributed by atoms with van der Waals surface area (Å²) in [5, 5.41) is 0.0266. The molecule has 1 aromatic carbocycles. The van der Waals surface area contributed by atoms with Crippen LogP contribution in [0.25, 0.3) is 0 Å². The topological polar surface area (TPSA) is 73.1 Å². The fraction of sp³-hybridized carbons (Fsp3) is 0.312. The van der Waals surface area contributed by atoms with Gasteiger partial charge < -0.3 is 0 Å². The zero-order valence-corrected chi connectivity index (χ0v) is 14.2. The number of hydrogen-bond acceptors (Lipinski definition) is 4. The van der Waals surface area contributed by atoms with Crippen LogP contribution in [0.1, 0.15) is 15.9 Å². The Hall–Kier alpha value is -2.54. The summed E-state index contributed by atoms with van der Waals surface area (Å²) in [6.07, 6.45) is 0. The molecule has 2 aliphatic heterocycles. The number of amidine groups is 2. The number of aliphatic imine (C=N–C) groups is 1. The van der Waals surface area contributed by atoms with Gasteiger partial charge in [-0.25, -0.2) is 9.37 Å². The molecule has 1 unspecified atom stereocenters. The van der Waals surface area contributed by atoms with E-state index in [1.807, 2.05) is 19.1 Å². The molecule has 1 atom stereocenters. The van der Waals surface area contributed by atoms with Gasteiger partial charge in [0.25, 0.3) is 17.8 Å². The number of amides is 3. The van der Waals surface area contributed by atoms with Gasteiger partial charge in [0, 0.05) is 31.3 Å². The van der Waals surface area contributed by atoms with E-state index < -0.39 is 18.0 Å². The second kappa shape index (κ2) is 5.83. The zero-order chi connectivity index (χ0) is 17.6. The van der Waals surface area contributed by atoms with Crippen LogP contribution in [0.3, 0.4) is 0 Å². The molecule has 0 bridgehead atoms. The number of imide groups is 1. The lowest BCUT2D eigenvalue weighted by Gasteiger charge is -2.30. The number of likely N-dealkylation sites (N-methyl/N-ethyl adjacent to an activating group) is 2. The Kier molecular flexibility index (Phi) is 3.96. The van der Waals surface area contributed by atoms with Crippen LogP contribution in [0.2, 0.25) is 0 Å². The third-order valence-electron chi connectivity index (χ3n) is 4.17. The fourth-order valence-electron chi connectivity index (χ4n) is 2.71. The van der Waals surface area contributed by atoms with Crippen LogP contribution in [0.15, 0.2) is 29.3 Å². The molecule has 0 aliphatic carbocycles. The Morgan fingerprint density at radius 3 is 2.46 bits per heavy atom. The molecule has 8 heteroatoms. The summed E-state index contributed by atoms with van der Waals surface area (Å²) in [4.78, 5) is 43.3. The van der Waals surface area contributed by atoms with Crippen LogP contribution < -0.4 is 0 Å². The van der Waals surface area contributed by atoms with Gasteiger partial charge in [-0.1, -0.05) is 29.8 Å². The maximum absolute atomic E-state index is 12.5. The summed E-state index contributed by atoms with van der Waals surface area (Å²) in [5.74, 6) is -0.395. The van der Waals surface area contributed by atoms with Gasteiger partial charge in [0.05, 0.1) is 0 Å². The highest BCUT2D eigenvalue weighted by Crippen LogP contribution is 2.20. The predicted octanol–water partition coefficient (Wildman–Crippen LogP) is 1.09. The van der Waals surface area contributed by atoms with Crippen LogP contribution in [0.5, 0.6) is 0 Å². The Bertz CT molecular complexity index is 813. The van der Waals surface area contributed by atoms with E-state index in [2.05, 4.69) is 4.99 Å². The first-order valence-corrected chi connectivity index (χ1v) is 7.72. The molecule has 0 aromatic heterocycles. The van der Waals surface area contributed by atoms with E-state index in [4.69, 9.17) is 11.6 Å². The number of Topliss-reactive ketones (excluding diaryl/α,β-unsaturated/α-hetero) is 1. The molecule has 124 valence electrons. The lowest BCUT2D eigenvalue weighted by molar-refractivity contribution is -0.520. The standard InChI is InChI=1S/C16H16ClN4O3/c1-9-4-6-10(7-5-9)11(22)8-21-12-13(18-15(21)17)19(2)16(24)20(3)14(12)23/h4-7,12H,8H2,1-3H3/q+1. The first-order chi connectivity index (χ1) is 11.3. The molecule has 7 nitrogen and oxygen atoms in total. The number of carbonyl (C=O) groups is 3. The molecule has 3 amide bonds. The van der Waals surface area contributed by atoms with Crippen molar-refractivity contribution in [3.63, 3.8) is 0 Å². The maximum Gasteiger partial charge on any atom is 0.394 e. The fourth-order valence-corrected chi connectivity index (χ4v) is 2.95. The van der Waals surface area contributed by atoms with Crippen LogP contribution in [-0.4, -0.2) is 69.9 Å². The Morgan fingerprint density at radius 2 is 1.83 bits per heavy atom. The second-order valence-corrected chi connectivity index (χ2v) is 6.14. The van der Waals surface area contributed by atoms with Gasteiger partial charge in [0.2, 0.25) is 5.78 Å². The predicted molar refractivity (Wildman–Crippen MR) is 88.6 cm³/mol. The lowest BCUT2D eigenvalue weighted by atomic mass is 10.1. The van der Waals surface area contributed by atoms with Crippen molar-refractivity contribution in [2.45, 2.75) is 13.0 Å². The second-order valence-electron chi connectivity index (χ2n) is 5.80. The number of fused-ring (bicyclic) bond motifs is 1. The molecular weight excluding hydrogens is 332 g/mol. The van der Waals surface area contributed by atoms with Crippen molar-refractivity contribution < 1.29 is 19.0 Å². The molecule has 0 radical (unpaired) electrons. The van der Waals surface area contributed by atoms with E-state index in [0.29, 0.717) is 5.56 Å². The number of urea groups is 1. The maximum atomic E-state index is 12.5. The highest BCUT2D eigenvalue weighted by Gasteiger charge is 2.53. The van der Waals surface area contributed by atoms with Crippen LogP contribution in [0.4, 0.5) is 4.79 Å². The summed E-state index contributed by atoms with van der Waals surface area (Å²) < 4.78 is 1.42. The van der Waals surface area contributed by atoms with Crippen molar-refractivity contribution in [3.05, 3.63) is 35.4 Å². The molecule has 2 aliphatic rings. The average Bonchev–Trinajstić information content (AvgIpc) is 2.88. The molecule has 1 saturated heterocycles. The summed E-state index contributed by atoms with van der Waals surface area (Å²) in [6, 6.07) is 5.81. The van der Waals surface area contributed by atoms with Crippen LogP contribution in [0, 0.1) is 6.92 Å². The first-order valence-electron chi connectivity index (χ1n) is 7.34. The van der Waals surface area contributed by atoms with Crippen molar-refractivity contribution in [3.8, 4) is 0 Å². The molecule has 2 heterocycles. The monoisotopic (exact) mass is 347 g/mol. The third-order valence-corrected chi connectivity index (χ3v) is 4.47. The van der Waals surface area contributed by atoms with E-state index in [-0.39, 0.29) is 23.5 Å². The van der Waals surface area contributed by atoms with Crippen LogP contribution in [-0.2, 0) is 4.79 Å². The summed E-state index contributed by atoms with van der Waals surface area (Å²) in [7, 11) is 2.91. The molecule has 3 rings (SSSR count). The van der Waals surface area contributed by atoms with Crippen molar-refractivity contribution in [2.24, 2.45) is 4.99 Å². The number of nitrogens with zero attached hydrogens (tertiary/aromatic N) is 4. The van der Waals surface area contributed by atoms with Gasteiger partial charge in [0.1, 0.15) is 0 Å². The molecule has 1 fully saturated rings. The molecule has 1 aromatic rings. The molecule has 0 saturated carbocycles. The Morgan fingerprint density at radius 1 is 1.21 bits per heavy atom. The normalized spacial score (nSPS) is 20.5. The quantitative estimate of drug-likeness (QED) is 0.467. The smallest absolute Gasteiger partial charge is 0.290 e. The number of carbonyl (C=O) groups excluding carboxylic acids is 3. The van der Waals surface area contributed by atoms with Gasteiger partial charge in [0.15, 0.2) is 6.54 Å². The van der Waals surface area contributed by atoms with Gasteiger partial charge in [-0.3, -0.25) is 19.4 Å². The van der Waals surface area contributed by atoms with Crippen molar-refractivity contribution in [1.29, 1.82) is 0 Å². The van der Waals surface area contributed by atoms with Crippen molar-refractivity contribution in [1.82, 2.24) is 9.80 Å². The minimum atomic E-state index is -0.861. The van der Waals surface area contributed by atoms with E-state index >= 15 is 0 Å². The lowest BCUT2D eigenvalue weighted by Crippen LogP contribution is -2.61. The van der Waals surface area contributed by atoms with Crippen molar-refractivity contribution >= 4 is 40.5 Å². The first kappa shape index (κ1) is 16.3. The highest BCUT2D eigenvalue weighted by molar-refractivity contribution is 6.65. The molecule has 0 spiro atoms.